The third-order valence-electron chi connectivity index (χ3n) is 5.18. The molecule has 0 atom stereocenters. The number of nitrogens with zero attached hydrogens (tertiary/aromatic N) is 3. The third-order valence-corrected chi connectivity index (χ3v) is 6.04. The van der Waals surface area contributed by atoms with Crippen molar-refractivity contribution in [3.8, 4) is 5.75 Å². The molecular formula is C21H22N4O4S. The largest absolute Gasteiger partial charge is 0.495 e. The number of carbonyl (C=O) groups is 1. The summed E-state index contributed by atoms with van der Waals surface area (Å²) in [6, 6.07) is 11.5. The van der Waals surface area contributed by atoms with E-state index < -0.39 is 11.2 Å². The first-order chi connectivity index (χ1) is 14.6. The van der Waals surface area contributed by atoms with Gasteiger partial charge in [-0.3, -0.25) is 14.2 Å². The molecule has 0 spiro atoms. The molecule has 3 heterocycles. The Morgan fingerprint density at radius 1 is 1.10 bits per heavy atom. The number of hydrogen-bond acceptors (Lipinski definition) is 6. The van der Waals surface area contributed by atoms with E-state index in [2.05, 4.69) is 9.88 Å². The van der Waals surface area contributed by atoms with Crippen LogP contribution in [-0.2, 0) is 6.54 Å². The summed E-state index contributed by atoms with van der Waals surface area (Å²) in [4.78, 5) is 45.2. The van der Waals surface area contributed by atoms with Crippen LogP contribution < -0.4 is 20.9 Å². The normalized spacial score (nSPS) is 14.0. The molecule has 1 saturated heterocycles. The van der Waals surface area contributed by atoms with Gasteiger partial charge < -0.3 is 19.5 Å². The number of nitrogens with one attached hydrogen (secondary N) is 1. The zero-order chi connectivity index (χ0) is 21.1. The van der Waals surface area contributed by atoms with Crippen LogP contribution in [0.3, 0.4) is 0 Å². The van der Waals surface area contributed by atoms with Crippen LogP contribution >= 0.6 is 11.3 Å². The van der Waals surface area contributed by atoms with Crippen LogP contribution in [0.2, 0.25) is 0 Å². The summed E-state index contributed by atoms with van der Waals surface area (Å²) in [7, 11) is 1.63. The Balaban J connectivity index is 1.51. The lowest BCUT2D eigenvalue weighted by Gasteiger charge is -2.36. The number of ether oxygens (including phenoxy) is 1. The average Bonchev–Trinajstić information content (AvgIpc) is 3.30. The van der Waals surface area contributed by atoms with Gasteiger partial charge in [0.05, 0.1) is 19.3 Å². The van der Waals surface area contributed by atoms with E-state index in [1.807, 2.05) is 41.8 Å². The molecule has 4 rings (SSSR count). The Labute approximate surface area is 177 Å². The summed E-state index contributed by atoms with van der Waals surface area (Å²) in [6.07, 6.45) is 1.23. The first kappa shape index (κ1) is 20.0. The molecule has 3 aromatic rings. The van der Waals surface area contributed by atoms with Crippen LogP contribution in [0.5, 0.6) is 5.75 Å². The summed E-state index contributed by atoms with van der Waals surface area (Å²) in [6.45, 7) is 2.34. The van der Waals surface area contributed by atoms with Crippen LogP contribution in [0.4, 0.5) is 5.69 Å². The fourth-order valence-corrected chi connectivity index (χ4v) is 4.27. The van der Waals surface area contributed by atoms with E-state index in [0.717, 1.165) is 20.9 Å². The maximum atomic E-state index is 13.0. The zero-order valence-corrected chi connectivity index (χ0v) is 17.4. The lowest BCUT2D eigenvalue weighted by atomic mass is 10.2. The van der Waals surface area contributed by atoms with Crippen molar-refractivity contribution in [1.82, 2.24) is 14.5 Å². The second-order valence-corrected chi connectivity index (χ2v) is 7.96. The van der Waals surface area contributed by atoms with Gasteiger partial charge in [-0.05, 0) is 23.6 Å². The number of rotatable bonds is 5. The highest BCUT2D eigenvalue weighted by atomic mass is 32.1. The molecule has 0 saturated carbocycles. The number of hydrogen-bond donors (Lipinski definition) is 1. The lowest BCUT2D eigenvalue weighted by Crippen LogP contribution is -2.50. The minimum Gasteiger partial charge on any atom is -0.495 e. The molecule has 2 aromatic heterocycles. The topological polar surface area (TPSA) is 87.6 Å². The Bertz CT molecular complexity index is 1140. The van der Waals surface area contributed by atoms with E-state index in [9.17, 15) is 14.4 Å². The Hall–Kier alpha value is -3.33. The number of thiophene rings is 1. The number of aromatic nitrogens is 2. The van der Waals surface area contributed by atoms with Crippen LogP contribution in [0, 0.1) is 0 Å². The number of methoxy groups -OCH3 is 1. The van der Waals surface area contributed by atoms with E-state index in [-0.39, 0.29) is 18.0 Å². The second-order valence-electron chi connectivity index (χ2n) is 6.93. The van der Waals surface area contributed by atoms with Crippen LogP contribution in [0.15, 0.2) is 57.6 Å². The number of anilines is 1. The highest BCUT2D eigenvalue weighted by molar-refractivity contribution is 7.09. The van der Waals surface area contributed by atoms with Gasteiger partial charge in [-0.1, -0.05) is 18.2 Å². The van der Waals surface area contributed by atoms with Crippen molar-refractivity contribution in [3.05, 3.63) is 79.3 Å². The molecule has 1 aromatic carbocycles. The molecular weight excluding hydrogens is 404 g/mol. The standard InChI is InChI=1S/C21H22N4O4S/c1-29-18-7-3-2-6-17(18)23-8-10-24(11-9-23)19(26)16-13-22-21(28)25(20(16)27)14-15-5-4-12-30-15/h2-7,12-13H,8-11,14H2,1H3,(H,22,28). The minimum atomic E-state index is -0.565. The first-order valence-electron chi connectivity index (χ1n) is 9.60. The van der Waals surface area contributed by atoms with Gasteiger partial charge in [-0.15, -0.1) is 11.3 Å². The third kappa shape index (κ3) is 3.88. The van der Waals surface area contributed by atoms with E-state index in [1.54, 1.807) is 12.0 Å². The minimum absolute atomic E-state index is 0.0168. The molecule has 1 aliphatic heterocycles. The molecule has 0 bridgehead atoms. The first-order valence-corrected chi connectivity index (χ1v) is 10.5. The molecule has 0 aliphatic carbocycles. The van der Waals surface area contributed by atoms with Gasteiger partial charge in [-0.2, -0.15) is 0 Å². The molecule has 30 heavy (non-hydrogen) atoms. The van der Waals surface area contributed by atoms with Crippen molar-refractivity contribution < 1.29 is 9.53 Å². The SMILES string of the molecule is COc1ccccc1N1CCN(C(=O)c2c[nH]c(=O)n(Cc3cccs3)c2=O)CC1. The van der Waals surface area contributed by atoms with Crippen molar-refractivity contribution in [2.45, 2.75) is 6.54 Å². The van der Waals surface area contributed by atoms with Gasteiger partial charge in [0.15, 0.2) is 0 Å². The van der Waals surface area contributed by atoms with Crippen molar-refractivity contribution in [1.29, 1.82) is 0 Å². The summed E-state index contributed by atoms with van der Waals surface area (Å²) in [5, 5.41) is 1.88. The molecule has 1 fully saturated rings. The lowest BCUT2D eigenvalue weighted by molar-refractivity contribution is 0.0743. The molecule has 1 aliphatic rings. The van der Waals surface area contributed by atoms with Gasteiger partial charge >= 0.3 is 5.69 Å². The highest BCUT2D eigenvalue weighted by Crippen LogP contribution is 2.28. The van der Waals surface area contributed by atoms with Crippen molar-refractivity contribution in [2.75, 3.05) is 38.2 Å². The molecule has 1 amide bonds. The Morgan fingerprint density at radius 3 is 2.57 bits per heavy atom. The van der Waals surface area contributed by atoms with E-state index in [1.165, 1.54) is 17.5 Å². The molecule has 0 unspecified atom stereocenters. The number of carbonyl (C=O) groups excluding carboxylic acids is 1. The monoisotopic (exact) mass is 426 g/mol. The number of aromatic amines is 1. The van der Waals surface area contributed by atoms with E-state index in [0.29, 0.717) is 26.2 Å². The molecule has 0 radical (unpaired) electrons. The van der Waals surface area contributed by atoms with Crippen molar-refractivity contribution in [3.63, 3.8) is 0 Å². The van der Waals surface area contributed by atoms with Gasteiger partial charge in [0, 0.05) is 37.3 Å². The molecule has 9 heteroatoms. The predicted molar refractivity (Wildman–Crippen MR) is 116 cm³/mol. The number of piperazine rings is 1. The van der Waals surface area contributed by atoms with E-state index in [4.69, 9.17) is 4.74 Å². The number of amides is 1. The highest BCUT2D eigenvalue weighted by Gasteiger charge is 2.26. The summed E-state index contributed by atoms with van der Waals surface area (Å²) < 4.78 is 6.50. The summed E-state index contributed by atoms with van der Waals surface area (Å²) in [5.41, 5.74) is -0.124. The summed E-state index contributed by atoms with van der Waals surface area (Å²) in [5.74, 6) is 0.422. The van der Waals surface area contributed by atoms with Crippen molar-refractivity contribution in [2.24, 2.45) is 0 Å². The quantitative estimate of drug-likeness (QED) is 0.670. The van der Waals surface area contributed by atoms with Crippen molar-refractivity contribution >= 4 is 22.9 Å². The van der Waals surface area contributed by atoms with Crippen LogP contribution in [-0.4, -0.2) is 53.6 Å². The maximum Gasteiger partial charge on any atom is 0.328 e. The smallest absolute Gasteiger partial charge is 0.328 e. The average molecular weight is 426 g/mol. The van der Waals surface area contributed by atoms with E-state index >= 15 is 0 Å². The van der Waals surface area contributed by atoms with Gasteiger partial charge in [0.25, 0.3) is 11.5 Å². The number of benzene rings is 1. The second kappa shape index (κ2) is 8.58. The number of H-pyrrole nitrogens is 1. The predicted octanol–water partition coefficient (Wildman–Crippen LogP) is 1.62. The molecule has 1 N–H and O–H groups in total. The van der Waals surface area contributed by atoms with Gasteiger partial charge in [-0.25, -0.2) is 4.79 Å². The van der Waals surface area contributed by atoms with Gasteiger partial charge in [0.2, 0.25) is 0 Å². The maximum absolute atomic E-state index is 13.0. The molecule has 8 nitrogen and oxygen atoms in total. The summed E-state index contributed by atoms with van der Waals surface area (Å²) >= 11 is 1.45. The zero-order valence-electron chi connectivity index (χ0n) is 16.5. The van der Waals surface area contributed by atoms with Crippen LogP contribution in [0.25, 0.3) is 0 Å². The fourth-order valence-electron chi connectivity index (χ4n) is 3.58. The Kier molecular flexibility index (Phi) is 5.71. The molecule has 156 valence electrons. The Morgan fingerprint density at radius 2 is 1.87 bits per heavy atom. The van der Waals surface area contributed by atoms with Crippen LogP contribution in [0.1, 0.15) is 15.2 Å². The number of para-hydroxylation sites is 2. The van der Waals surface area contributed by atoms with Gasteiger partial charge in [0.1, 0.15) is 11.3 Å². The fraction of sp³-hybridized carbons (Fsp3) is 0.286.